The van der Waals surface area contributed by atoms with Crippen molar-refractivity contribution in [2.45, 2.75) is 13.0 Å². The van der Waals surface area contributed by atoms with Gasteiger partial charge in [0.25, 0.3) is 0 Å². The number of aliphatic hydroxyl groups excluding tert-OH is 1. The number of aliphatic hydroxyl groups is 1. The topological polar surface area (TPSA) is 29.5 Å². The van der Waals surface area contributed by atoms with Crippen molar-refractivity contribution in [3.8, 4) is 12.3 Å². The Morgan fingerprint density at radius 3 is 2.88 bits per heavy atom. The van der Waals surface area contributed by atoms with E-state index < -0.39 is 6.10 Å². The van der Waals surface area contributed by atoms with E-state index in [2.05, 4.69) is 5.92 Å². The number of hydrogen-bond donors (Lipinski definition) is 1. The molecule has 0 aliphatic carbocycles. The quantitative estimate of drug-likeness (QED) is 0.414. The minimum atomic E-state index is -0.414. The third kappa shape index (κ3) is 5.48. The summed E-state index contributed by atoms with van der Waals surface area (Å²) in [6.45, 7) is 2.26. The molecule has 46 valence electrons. The van der Waals surface area contributed by atoms with Gasteiger partial charge in [0, 0.05) is 0 Å². The maximum absolute atomic E-state index is 8.59. The summed E-state index contributed by atoms with van der Waals surface area (Å²) >= 11 is 0. The van der Waals surface area contributed by atoms with Crippen molar-refractivity contribution in [3.05, 3.63) is 0 Å². The van der Waals surface area contributed by atoms with E-state index in [1.165, 1.54) is 0 Å². The molecule has 0 radical (unpaired) electrons. The molecule has 0 heterocycles. The van der Waals surface area contributed by atoms with Crippen LogP contribution in [0.5, 0.6) is 0 Å². The van der Waals surface area contributed by atoms with Crippen molar-refractivity contribution in [2.24, 2.45) is 0 Å². The standard InChI is InChI=1S/C6H10O2/c1-3-4-8-5-6(2)7/h1,6-7H,4-5H2,2H3/t6-/m1/s1. The van der Waals surface area contributed by atoms with Crippen molar-refractivity contribution < 1.29 is 9.84 Å². The summed E-state index contributed by atoms with van der Waals surface area (Å²) < 4.78 is 4.76. The van der Waals surface area contributed by atoms with Crippen LogP contribution < -0.4 is 0 Å². The highest BCUT2D eigenvalue weighted by molar-refractivity contribution is 4.82. The fraction of sp³-hybridized carbons (Fsp3) is 0.667. The molecule has 0 fully saturated rings. The van der Waals surface area contributed by atoms with E-state index in [1.807, 2.05) is 0 Å². The molecule has 0 aromatic rings. The van der Waals surface area contributed by atoms with Gasteiger partial charge in [-0.25, -0.2) is 0 Å². The summed E-state index contributed by atoms with van der Waals surface area (Å²) in [5, 5.41) is 8.59. The molecule has 1 atom stereocenters. The molecule has 0 spiro atoms. The van der Waals surface area contributed by atoms with Crippen LogP contribution in [0.25, 0.3) is 0 Å². The van der Waals surface area contributed by atoms with Gasteiger partial charge in [0.15, 0.2) is 0 Å². The van der Waals surface area contributed by atoms with Gasteiger partial charge in [-0.2, -0.15) is 0 Å². The Balaban J connectivity index is 2.85. The molecule has 0 saturated heterocycles. The van der Waals surface area contributed by atoms with E-state index in [0.29, 0.717) is 6.61 Å². The average molecular weight is 114 g/mol. The largest absolute Gasteiger partial charge is 0.391 e. The summed E-state index contributed by atoms with van der Waals surface area (Å²) in [6.07, 6.45) is 4.44. The van der Waals surface area contributed by atoms with Gasteiger partial charge < -0.3 is 9.84 Å². The zero-order valence-corrected chi connectivity index (χ0v) is 4.92. The maximum Gasteiger partial charge on any atom is 0.107 e. The Morgan fingerprint density at radius 1 is 1.88 bits per heavy atom. The molecule has 0 unspecified atom stereocenters. The number of terminal acetylenes is 1. The predicted octanol–water partition coefficient (Wildman–Crippen LogP) is 0.0170. The summed E-state index contributed by atoms with van der Waals surface area (Å²) in [5.74, 6) is 2.29. The lowest BCUT2D eigenvalue weighted by molar-refractivity contribution is 0.0621. The van der Waals surface area contributed by atoms with Crippen LogP contribution in [0.3, 0.4) is 0 Å². The Bertz CT molecular complexity index is 81.0. The molecular weight excluding hydrogens is 104 g/mol. The van der Waals surface area contributed by atoms with Crippen LogP contribution in [-0.4, -0.2) is 24.4 Å². The van der Waals surface area contributed by atoms with Gasteiger partial charge in [-0.15, -0.1) is 6.42 Å². The Labute approximate surface area is 49.5 Å². The fourth-order valence-electron chi connectivity index (χ4n) is 0.288. The average Bonchev–Trinajstić information content (AvgIpc) is 1.66. The van der Waals surface area contributed by atoms with E-state index in [-0.39, 0.29) is 6.61 Å². The molecule has 0 saturated carbocycles. The minimum Gasteiger partial charge on any atom is -0.391 e. The van der Waals surface area contributed by atoms with E-state index >= 15 is 0 Å². The highest BCUT2D eigenvalue weighted by Gasteiger charge is 1.90. The minimum absolute atomic E-state index is 0.283. The summed E-state index contributed by atoms with van der Waals surface area (Å²) in [7, 11) is 0. The van der Waals surface area contributed by atoms with Gasteiger partial charge in [-0.3, -0.25) is 0 Å². The highest BCUT2D eigenvalue weighted by Crippen LogP contribution is 1.79. The van der Waals surface area contributed by atoms with Gasteiger partial charge in [-0.05, 0) is 6.92 Å². The van der Waals surface area contributed by atoms with E-state index in [4.69, 9.17) is 16.3 Å². The van der Waals surface area contributed by atoms with Crippen molar-refractivity contribution in [1.29, 1.82) is 0 Å². The van der Waals surface area contributed by atoms with Crippen LogP contribution in [0, 0.1) is 12.3 Å². The molecule has 8 heavy (non-hydrogen) atoms. The molecule has 0 aliphatic rings. The number of rotatable bonds is 3. The lowest BCUT2D eigenvalue weighted by Crippen LogP contribution is -2.09. The van der Waals surface area contributed by atoms with Crippen LogP contribution >= 0.6 is 0 Å². The Kier molecular flexibility index (Phi) is 4.33. The van der Waals surface area contributed by atoms with Crippen LogP contribution in [0.2, 0.25) is 0 Å². The number of hydrogen-bond acceptors (Lipinski definition) is 2. The molecular formula is C6H10O2. The summed E-state index contributed by atoms with van der Waals surface area (Å²) in [4.78, 5) is 0. The van der Waals surface area contributed by atoms with Crippen LogP contribution in [0.4, 0.5) is 0 Å². The molecule has 0 aromatic carbocycles. The molecule has 0 rings (SSSR count). The first kappa shape index (κ1) is 7.48. The Hall–Kier alpha value is -0.520. The first-order valence-electron chi connectivity index (χ1n) is 2.46. The van der Waals surface area contributed by atoms with Gasteiger partial charge in [0.1, 0.15) is 6.61 Å². The van der Waals surface area contributed by atoms with E-state index in [0.717, 1.165) is 0 Å². The zero-order valence-electron chi connectivity index (χ0n) is 4.92. The van der Waals surface area contributed by atoms with Gasteiger partial charge in [0.05, 0.1) is 12.7 Å². The smallest absolute Gasteiger partial charge is 0.107 e. The van der Waals surface area contributed by atoms with Gasteiger partial charge in [-0.1, -0.05) is 5.92 Å². The van der Waals surface area contributed by atoms with Crippen molar-refractivity contribution in [3.63, 3.8) is 0 Å². The Morgan fingerprint density at radius 2 is 2.50 bits per heavy atom. The molecule has 0 aliphatic heterocycles. The lowest BCUT2D eigenvalue weighted by Gasteiger charge is -2.00. The molecule has 0 amide bonds. The lowest BCUT2D eigenvalue weighted by atomic mass is 10.4. The first-order chi connectivity index (χ1) is 3.77. The number of ether oxygens (including phenoxy) is 1. The predicted molar refractivity (Wildman–Crippen MR) is 31.3 cm³/mol. The van der Waals surface area contributed by atoms with E-state index in [9.17, 15) is 0 Å². The van der Waals surface area contributed by atoms with Gasteiger partial charge in [0.2, 0.25) is 0 Å². The molecule has 2 nitrogen and oxygen atoms in total. The van der Waals surface area contributed by atoms with Crippen LogP contribution in [0.1, 0.15) is 6.92 Å². The first-order valence-corrected chi connectivity index (χ1v) is 2.46. The molecule has 0 bridgehead atoms. The normalized spacial score (nSPS) is 12.6. The molecule has 2 heteroatoms. The molecule has 1 N–H and O–H groups in total. The van der Waals surface area contributed by atoms with Crippen LogP contribution in [-0.2, 0) is 4.74 Å². The van der Waals surface area contributed by atoms with Crippen molar-refractivity contribution in [1.82, 2.24) is 0 Å². The fourth-order valence-corrected chi connectivity index (χ4v) is 0.288. The summed E-state index contributed by atoms with van der Waals surface area (Å²) in [5.41, 5.74) is 0. The third-order valence-electron chi connectivity index (χ3n) is 0.544. The van der Waals surface area contributed by atoms with E-state index in [1.54, 1.807) is 6.92 Å². The molecule has 0 aromatic heterocycles. The van der Waals surface area contributed by atoms with Crippen molar-refractivity contribution >= 4 is 0 Å². The second kappa shape index (κ2) is 4.63. The second-order valence-electron chi connectivity index (χ2n) is 1.57. The monoisotopic (exact) mass is 114 g/mol. The highest BCUT2D eigenvalue weighted by atomic mass is 16.5. The zero-order chi connectivity index (χ0) is 6.41. The summed E-state index contributed by atoms with van der Waals surface area (Å²) in [6, 6.07) is 0. The maximum atomic E-state index is 8.59. The van der Waals surface area contributed by atoms with Gasteiger partial charge >= 0.3 is 0 Å². The SMILES string of the molecule is C#CCOC[C@@H](C)O. The van der Waals surface area contributed by atoms with Crippen LogP contribution in [0.15, 0.2) is 0 Å². The second-order valence-corrected chi connectivity index (χ2v) is 1.57. The van der Waals surface area contributed by atoms with Crippen molar-refractivity contribution in [2.75, 3.05) is 13.2 Å². The third-order valence-corrected chi connectivity index (χ3v) is 0.544.